The Hall–Kier alpha value is -4.38. The number of hydrogen-bond donors (Lipinski definition) is 0. The normalized spacial score (nSPS) is 14.7. The van der Waals surface area contributed by atoms with Gasteiger partial charge in [0.15, 0.2) is 22.9 Å². The zero-order valence-electron chi connectivity index (χ0n) is 25.2. The molecule has 10 nitrogen and oxygen atoms in total. The van der Waals surface area contributed by atoms with Gasteiger partial charge in [-0.15, -0.1) is 0 Å². The van der Waals surface area contributed by atoms with Gasteiger partial charge in [-0.25, -0.2) is 14.6 Å². The molecule has 228 valence electrons. The first kappa shape index (κ1) is 31.6. The summed E-state index contributed by atoms with van der Waals surface area (Å²) in [6.07, 6.45) is 1.61. The molecule has 0 radical (unpaired) electrons. The molecule has 4 rings (SSSR count). The summed E-state index contributed by atoms with van der Waals surface area (Å²) < 4.78 is 29.7. The minimum atomic E-state index is -0.801. The maximum Gasteiger partial charge on any atom is 0.344 e. The number of esters is 2. The summed E-state index contributed by atoms with van der Waals surface area (Å²) in [5, 5.41) is 0. The summed E-state index contributed by atoms with van der Waals surface area (Å²) in [6.45, 7) is 11.4. The van der Waals surface area contributed by atoms with Gasteiger partial charge in [0.25, 0.3) is 5.56 Å². The second-order valence-corrected chi connectivity index (χ2v) is 10.7. The Balaban J connectivity index is 1.84. The molecule has 2 heterocycles. The van der Waals surface area contributed by atoms with Gasteiger partial charge in [0.2, 0.25) is 0 Å². The monoisotopic (exact) mass is 608 g/mol. The van der Waals surface area contributed by atoms with Crippen LogP contribution in [-0.4, -0.2) is 49.0 Å². The molecule has 1 aromatic heterocycles. The van der Waals surface area contributed by atoms with Crippen LogP contribution >= 0.6 is 11.3 Å². The molecule has 0 fully saturated rings. The third-order valence-corrected chi connectivity index (χ3v) is 7.29. The molecule has 0 spiro atoms. The molecule has 0 bridgehead atoms. The molecule has 0 saturated carbocycles. The summed E-state index contributed by atoms with van der Waals surface area (Å²) in [7, 11) is 0. The first-order valence-electron chi connectivity index (χ1n) is 14.2. The highest BCUT2D eigenvalue weighted by Crippen LogP contribution is 2.36. The van der Waals surface area contributed by atoms with Crippen molar-refractivity contribution >= 4 is 29.4 Å². The Morgan fingerprint density at radius 1 is 0.977 bits per heavy atom. The fourth-order valence-electron chi connectivity index (χ4n) is 4.65. The number of para-hydroxylation sites is 1. The number of rotatable bonds is 12. The van der Waals surface area contributed by atoms with E-state index in [0.29, 0.717) is 50.0 Å². The van der Waals surface area contributed by atoms with Crippen molar-refractivity contribution in [2.24, 2.45) is 4.99 Å². The van der Waals surface area contributed by atoms with E-state index in [2.05, 4.69) is 4.99 Å². The number of benzene rings is 2. The molecule has 0 aliphatic carbocycles. The van der Waals surface area contributed by atoms with Crippen LogP contribution in [-0.2, 0) is 19.1 Å². The lowest BCUT2D eigenvalue weighted by molar-refractivity contribution is -0.145. The first-order valence-corrected chi connectivity index (χ1v) is 15.0. The molecule has 1 aliphatic rings. The molecule has 3 aromatic rings. The van der Waals surface area contributed by atoms with Crippen LogP contribution in [0.1, 0.15) is 58.7 Å². The molecular formula is C32H36N2O8S. The van der Waals surface area contributed by atoms with E-state index in [1.165, 1.54) is 15.9 Å². The van der Waals surface area contributed by atoms with E-state index in [9.17, 15) is 14.4 Å². The standard InChI is InChI=1S/C32H36N2O8S/c1-7-38-25-16-21(14-15-24(25)41-18-27(35)39-8-2)17-26-30(36)34-29(22-12-10-11-13-23(22)42-19(4)5)28(31(37)40-9-3)20(6)33-32(34)43-26/h10-17,19,29H,7-9,18H2,1-6H3/b26-17-. The van der Waals surface area contributed by atoms with E-state index in [-0.39, 0.29) is 37.1 Å². The molecule has 1 atom stereocenters. The van der Waals surface area contributed by atoms with Crippen molar-refractivity contribution < 1.29 is 33.3 Å². The number of ether oxygens (including phenoxy) is 5. The molecule has 1 aliphatic heterocycles. The summed E-state index contributed by atoms with van der Waals surface area (Å²) >= 11 is 1.22. The van der Waals surface area contributed by atoms with Crippen LogP contribution < -0.4 is 29.1 Å². The lowest BCUT2D eigenvalue weighted by Crippen LogP contribution is -2.40. The van der Waals surface area contributed by atoms with Crippen LogP contribution in [0.3, 0.4) is 0 Å². The smallest absolute Gasteiger partial charge is 0.344 e. The Kier molecular flexibility index (Phi) is 10.4. The van der Waals surface area contributed by atoms with Gasteiger partial charge in [-0.05, 0) is 71.4 Å². The van der Waals surface area contributed by atoms with Crippen LogP contribution in [0.25, 0.3) is 6.08 Å². The molecule has 11 heteroatoms. The van der Waals surface area contributed by atoms with Gasteiger partial charge in [0.1, 0.15) is 11.8 Å². The van der Waals surface area contributed by atoms with E-state index in [1.807, 2.05) is 45.0 Å². The van der Waals surface area contributed by atoms with Crippen molar-refractivity contribution in [3.63, 3.8) is 0 Å². The van der Waals surface area contributed by atoms with Crippen molar-refractivity contribution in [3.05, 3.63) is 84.5 Å². The van der Waals surface area contributed by atoms with Crippen LogP contribution in [0.4, 0.5) is 0 Å². The van der Waals surface area contributed by atoms with Crippen LogP contribution in [0.2, 0.25) is 0 Å². The fourth-order valence-corrected chi connectivity index (χ4v) is 5.69. The second-order valence-electron chi connectivity index (χ2n) is 9.74. The predicted octanol–water partition coefficient (Wildman–Crippen LogP) is 3.93. The molecule has 0 saturated heterocycles. The van der Waals surface area contributed by atoms with Gasteiger partial charge >= 0.3 is 11.9 Å². The molecule has 43 heavy (non-hydrogen) atoms. The van der Waals surface area contributed by atoms with E-state index < -0.39 is 18.0 Å². The molecule has 1 unspecified atom stereocenters. The average Bonchev–Trinajstić information content (AvgIpc) is 3.26. The van der Waals surface area contributed by atoms with Crippen molar-refractivity contribution in [1.82, 2.24) is 4.57 Å². The van der Waals surface area contributed by atoms with Gasteiger partial charge in [0, 0.05) is 5.56 Å². The summed E-state index contributed by atoms with van der Waals surface area (Å²) in [4.78, 5) is 44.2. The molecule has 2 aromatic carbocycles. The van der Waals surface area contributed by atoms with Gasteiger partial charge in [0.05, 0.1) is 41.7 Å². The maximum absolute atomic E-state index is 14.0. The topological polar surface area (TPSA) is 115 Å². The van der Waals surface area contributed by atoms with Crippen molar-refractivity contribution in [1.29, 1.82) is 0 Å². The lowest BCUT2D eigenvalue weighted by atomic mass is 9.95. The highest BCUT2D eigenvalue weighted by atomic mass is 32.1. The van der Waals surface area contributed by atoms with E-state index >= 15 is 0 Å². The maximum atomic E-state index is 14.0. The van der Waals surface area contributed by atoms with Gasteiger partial charge in [-0.3, -0.25) is 9.36 Å². The van der Waals surface area contributed by atoms with Gasteiger partial charge in [-0.2, -0.15) is 0 Å². The number of nitrogens with zero attached hydrogens (tertiary/aromatic N) is 2. The zero-order chi connectivity index (χ0) is 31.1. The van der Waals surface area contributed by atoms with E-state index in [4.69, 9.17) is 23.7 Å². The minimum absolute atomic E-state index is 0.128. The first-order chi connectivity index (χ1) is 20.7. The second kappa shape index (κ2) is 14.2. The van der Waals surface area contributed by atoms with Crippen LogP contribution in [0.15, 0.2) is 63.5 Å². The van der Waals surface area contributed by atoms with Crippen LogP contribution in [0, 0.1) is 0 Å². The number of fused-ring (bicyclic) bond motifs is 1. The van der Waals surface area contributed by atoms with E-state index in [0.717, 1.165) is 0 Å². The average molecular weight is 609 g/mol. The number of carbonyl (C=O) groups is 2. The Morgan fingerprint density at radius 2 is 1.72 bits per heavy atom. The van der Waals surface area contributed by atoms with E-state index in [1.54, 1.807) is 45.0 Å². The number of carbonyl (C=O) groups excluding carboxylic acids is 2. The fraction of sp³-hybridized carbons (Fsp3) is 0.375. The molecule has 0 N–H and O–H groups in total. The van der Waals surface area contributed by atoms with Gasteiger partial charge < -0.3 is 23.7 Å². The van der Waals surface area contributed by atoms with Gasteiger partial charge in [-0.1, -0.05) is 35.6 Å². The zero-order valence-corrected chi connectivity index (χ0v) is 26.0. The highest BCUT2D eigenvalue weighted by molar-refractivity contribution is 7.07. The summed E-state index contributed by atoms with van der Waals surface area (Å²) in [5.41, 5.74) is 1.77. The lowest BCUT2D eigenvalue weighted by Gasteiger charge is -2.26. The molecule has 0 amide bonds. The highest BCUT2D eigenvalue weighted by Gasteiger charge is 2.35. The largest absolute Gasteiger partial charge is 0.491 e. The Labute approximate surface area is 253 Å². The van der Waals surface area contributed by atoms with Crippen molar-refractivity contribution in [3.8, 4) is 17.2 Å². The summed E-state index contributed by atoms with van der Waals surface area (Å²) in [5.74, 6) is 0.342. The predicted molar refractivity (Wildman–Crippen MR) is 162 cm³/mol. The van der Waals surface area contributed by atoms with Crippen molar-refractivity contribution in [2.75, 3.05) is 26.4 Å². The summed E-state index contributed by atoms with van der Waals surface area (Å²) in [6, 6.07) is 11.7. The Morgan fingerprint density at radius 3 is 2.42 bits per heavy atom. The van der Waals surface area contributed by atoms with Crippen molar-refractivity contribution in [2.45, 2.75) is 53.7 Å². The number of hydrogen-bond acceptors (Lipinski definition) is 10. The number of thiazole rings is 1. The third-order valence-electron chi connectivity index (χ3n) is 6.31. The SMILES string of the molecule is CCOC(=O)COc1ccc(/C=c2\sc3n(c2=O)C(c2ccccc2OC(C)C)C(C(=O)OCC)=C(C)N=3)cc1OCC. The minimum Gasteiger partial charge on any atom is -0.491 e. The Bertz CT molecular complexity index is 1700. The number of allylic oxidation sites excluding steroid dienone is 1. The quantitative estimate of drug-likeness (QED) is 0.284. The molecular weight excluding hydrogens is 572 g/mol. The number of aromatic nitrogens is 1. The third kappa shape index (κ3) is 7.16. The van der Waals surface area contributed by atoms with Crippen LogP contribution in [0.5, 0.6) is 17.2 Å².